The molecule has 0 saturated carbocycles. The van der Waals surface area contributed by atoms with Gasteiger partial charge in [-0.3, -0.25) is 9.40 Å². The summed E-state index contributed by atoms with van der Waals surface area (Å²) in [6.07, 6.45) is 3.04. The SMILES string of the molecule is Cc1cc(N)ccc1S(=O)(=O)Nc1cnn(C)c1. The van der Waals surface area contributed by atoms with Gasteiger partial charge in [0.1, 0.15) is 0 Å². The number of nitrogen functional groups attached to an aromatic ring is 1. The third-order valence-electron chi connectivity index (χ3n) is 2.45. The first-order chi connectivity index (χ1) is 8.38. The van der Waals surface area contributed by atoms with Crippen LogP contribution in [0.3, 0.4) is 0 Å². The molecule has 0 atom stereocenters. The van der Waals surface area contributed by atoms with Crippen LogP contribution < -0.4 is 10.5 Å². The molecule has 0 unspecified atom stereocenters. The number of hydrogen-bond acceptors (Lipinski definition) is 4. The van der Waals surface area contributed by atoms with Gasteiger partial charge in [0.2, 0.25) is 0 Å². The first-order valence-corrected chi connectivity index (χ1v) is 6.74. The number of nitrogens with two attached hydrogens (primary N) is 1. The van der Waals surface area contributed by atoms with Crippen LogP contribution in [0.4, 0.5) is 11.4 Å². The van der Waals surface area contributed by atoms with Gasteiger partial charge < -0.3 is 5.73 Å². The molecule has 2 aromatic rings. The summed E-state index contributed by atoms with van der Waals surface area (Å²) in [5.74, 6) is 0. The van der Waals surface area contributed by atoms with E-state index in [9.17, 15) is 8.42 Å². The molecule has 0 bridgehead atoms. The van der Waals surface area contributed by atoms with E-state index in [4.69, 9.17) is 5.73 Å². The Balaban J connectivity index is 2.36. The topological polar surface area (TPSA) is 90.0 Å². The summed E-state index contributed by atoms with van der Waals surface area (Å²) in [5, 5.41) is 3.90. The Kier molecular flexibility index (Phi) is 3.00. The van der Waals surface area contributed by atoms with Crippen LogP contribution in [0.25, 0.3) is 0 Å². The van der Waals surface area contributed by atoms with Crippen LogP contribution in [0.15, 0.2) is 35.5 Å². The summed E-state index contributed by atoms with van der Waals surface area (Å²) in [7, 11) is -1.89. The molecule has 1 heterocycles. The number of aryl methyl sites for hydroxylation is 2. The predicted molar refractivity (Wildman–Crippen MR) is 69.6 cm³/mol. The average molecular weight is 266 g/mol. The molecular formula is C11H14N4O2S. The summed E-state index contributed by atoms with van der Waals surface area (Å²) < 4.78 is 28.3. The number of hydrogen-bond donors (Lipinski definition) is 2. The number of anilines is 2. The summed E-state index contributed by atoms with van der Waals surface area (Å²) >= 11 is 0. The fourth-order valence-corrected chi connectivity index (χ4v) is 2.91. The molecule has 1 aromatic carbocycles. The van der Waals surface area contributed by atoms with Gasteiger partial charge in [-0.2, -0.15) is 5.10 Å². The zero-order chi connectivity index (χ0) is 13.3. The van der Waals surface area contributed by atoms with Crippen molar-refractivity contribution in [3.8, 4) is 0 Å². The summed E-state index contributed by atoms with van der Waals surface area (Å²) in [4.78, 5) is 0.209. The van der Waals surface area contributed by atoms with Crippen molar-refractivity contribution >= 4 is 21.4 Å². The van der Waals surface area contributed by atoms with Crippen LogP contribution in [0, 0.1) is 6.92 Å². The molecule has 3 N–H and O–H groups in total. The molecule has 7 heteroatoms. The molecule has 18 heavy (non-hydrogen) atoms. The molecule has 1 aromatic heterocycles. The van der Waals surface area contributed by atoms with Gasteiger partial charge in [0, 0.05) is 18.9 Å². The van der Waals surface area contributed by atoms with Gasteiger partial charge in [-0.25, -0.2) is 8.42 Å². The molecule has 0 aliphatic carbocycles. The monoisotopic (exact) mass is 266 g/mol. The molecule has 96 valence electrons. The standard InChI is InChI=1S/C11H14N4O2S/c1-8-5-9(12)3-4-11(8)18(16,17)14-10-6-13-15(2)7-10/h3-7,14H,12H2,1-2H3. The Bertz CT molecular complexity index is 676. The van der Waals surface area contributed by atoms with E-state index in [2.05, 4.69) is 9.82 Å². The lowest BCUT2D eigenvalue weighted by molar-refractivity contribution is 0.600. The summed E-state index contributed by atoms with van der Waals surface area (Å²) in [6, 6.07) is 4.67. The van der Waals surface area contributed by atoms with Crippen molar-refractivity contribution in [2.45, 2.75) is 11.8 Å². The van der Waals surface area contributed by atoms with Crippen LogP contribution in [0.5, 0.6) is 0 Å². The molecule has 0 aliphatic rings. The number of sulfonamides is 1. The first-order valence-electron chi connectivity index (χ1n) is 5.26. The second-order valence-corrected chi connectivity index (χ2v) is 5.68. The van der Waals surface area contributed by atoms with Gasteiger partial charge in [0.05, 0.1) is 16.8 Å². The van der Waals surface area contributed by atoms with Gasteiger partial charge in [-0.1, -0.05) is 0 Å². The highest BCUT2D eigenvalue weighted by molar-refractivity contribution is 7.92. The Morgan fingerprint density at radius 1 is 1.39 bits per heavy atom. The van der Waals surface area contributed by atoms with Crippen LogP contribution in [0.1, 0.15) is 5.56 Å². The third-order valence-corrected chi connectivity index (χ3v) is 3.99. The van der Waals surface area contributed by atoms with Crippen LogP contribution in [0.2, 0.25) is 0 Å². The lowest BCUT2D eigenvalue weighted by atomic mass is 10.2. The maximum atomic E-state index is 12.2. The zero-order valence-corrected chi connectivity index (χ0v) is 10.9. The van der Waals surface area contributed by atoms with Crippen LogP contribution >= 0.6 is 0 Å². The number of nitrogens with one attached hydrogen (secondary N) is 1. The highest BCUT2D eigenvalue weighted by Gasteiger charge is 2.17. The quantitative estimate of drug-likeness (QED) is 0.814. The smallest absolute Gasteiger partial charge is 0.262 e. The third kappa shape index (κ3) is 2.45. The van der Waals surface area contributed by atoms with Crippen molar-refractivity contribution in [3.05, 3.63) is 36.2 Å². The Hall–Kier alpha value is -2.02. The summed E-state index contributed by atoms with van der Waals surface area (Å²) in [5.41, 5.74) is 7.16. The van der Waals surface area contributed by atoms with Crippen molar-refractivity contribution in [3.63, 3.8) is 0 Å². The van der Waals surface area contributed by atoms with Crippen molar-refractivity contribution in [1.29, 1.82) is 0 Å². The normalized spacial score (nSPS) is 11.4. The number of rotatable bonds is 3. The lowest BCUT2D eigenvalue weighted by Gasteiger charge is -2.09. The molecular weight excluding hydrogens is 252 g/mol. The molecule has 0 radical (unpaired) electrons. The highest BCUT2D eigenvalue weighted by atomic mass is 32.2. The Morgan fingerprint density at radius 2 is 2.11 bits per heavy atom. The average Bonchev–Trinajstić information content (AvgIpc) is 2.62. The Labute approximate surface area is 105 Å². The van der Waals surface area contributed by atoms with Crippen molar-refractivity contribution < 1.29 is 8.42 Å². The largest absolute Gasteiger partial charge is 0.399 e. The molecule has 0 aliphatic heterocycles. The molecule has 0 spiro atoms. The van der Waals surface area contributed by atoms with E-state index in [0.29, 0.717) is 16.9 Å². The Morgan fingerprint density at radius 3 is 2.67 bits per heavy atom. The zero-order valence-electron chi connectivity index (χ0n) is 10.1. The molecule has 2 rings (SSSR count). The minimum atomic E-state index is -3.61. The molecule has 0 fully saturated rings. The molecule has 6 nitrogen and oxygen atoms in total. The minimum Gasteiger partial charge on any atom is -0.399 e. The fraction of sp³-hybridized carbons (Fsp3) is 0.182. The predicted octanol–water partition coefficient (Wildman–Crippen LogP) is 1.11. The second kappa shape index (κ2) is 4.34. The van der Waals surface area contributed by atoms with Crippen molar-refractivity contribution in [1.82, 2.24) is 9.78 Å². The molecule has 0 amide bonds. The van der Waals surface area contributed by atoms with E-state index in [-0.39, 0.29) is 4.90 Å². The first kappa shape index (κ1) is 12.4. The van der Waals surface area contributed by atoms with Gasteiger partial charge in [-0.15, -0.1) is 0 Å². The lowest BCUT2D eigenvalue weighted by Crippen LogP contribution is -2.14. The van der Waals surface area contributed by atoms with E-state index in [0.717, 1.165) is 0 Å². The van der Waals surface area contributed by atoms with Crippen LogP contribution in [-0.4, -0.2) is 18.2 Å². The van der Waals surface area contributed by atoms with Gasteiger partial charge in [-0.05, 0) is 30.7 Å². The number of aromatic nitrogens is 2. The van der Waals surface area contributed by atoms with E-state index < -0.39 is 10.0 Å². The fourth-order valence-electron chi connectivity index (χ4n) is 1.66. The van der Waals surface area contributed by atoms with Gasteiger partial charge >= 0.3 is 0 Å². The van der Waals surface area contributed by atoms with Crippen LogP contribution in [-0.2, 0) is 17.1 Å². The molecule has 0 saturated heterocycles. The summed E-state index contributed by atoms with van der Waals surface area (Å²) in [6.45, 7) is 1.70. The van der Waals surface area contributed by atoms with E-state index in [1.807, 2.05) is 0 Å². The van der Waals surface area contributed by atoms with E-state index >= 15 is 0 Å². The maximum absolute atomic E-state index is 12.2. The maximum Gasteiger partial charge on any atom is 0.262 e. The van der Waals surface area contributed by atoms with Crippen molar-refractivity contribution in [2.24, 2.45) is 7.05 Å². The van der Waals surface area contributed by atoms with Gasteiger partial charge in [0.15, 0.2) is 0 Å². The number of benzene rings is 1. The second-order valence-electron chi connectivity index (χ2n) is 4.03. The van der Waals surface area contributed by atoms with E-state index in [1.165, 1.54) is 16.9 Å². The highest BCUT2D eigenvalue weighted by Crippen LogP contribution is 2.20. The van der Waals surface area contributed by atoms with Crippen molar-refractivity contribution in [2.75, 3.05) is 10.5 Å². The van der Waals surface area contributed by atoms with Gasteiger partial charge in [0.25, 0.3) is 10.0 Å². The minimum absolute atomic E-state index is 0.209. The number of nitrogens with zero attached hydrogens (tertiary/aromatic N) is 2. The van der Waals surface area contributed by atoms with E-state index in [1.54, 1.807) is 32.3 Å².